The monoisotopic (exact) mass is 203 g/mol. The van der Waals surface area contributed by atoms with E-state index >= 15 is 0 Å². The van der Waals surface area contributed by atoms with Gasteiger partial charge < -0.3 is 5.73 Å². The Bertz CT molecular complexity index is 499. The van der Waals surface area contributed by atoms with Crippen molar-refractivity contribution in [3.63, 3.8) is 0 Å². The third-order valence-electron chi connectivity index (χ3n) is 1.94. The first-order valence-corrected chi connectivity index (χ1v) is 5.09. The van der Waals surface area contributed by atoms with Crippen molar-refractivity contribution < 1.29 is 4.79 Å². The summed E-state index contributed by atoms with van der Waals surface area (Å²) in [5.41, 5.74) is 6.08. The molecular weight excluding hydrogens is 194 g/mol. The zero-order chi connectivity index (χ0) is 9.97. The van der Waals surface area contributed by atoms with E-state index in [1.807, 2.05) is 23.6 Å². The minimum Gasteiger partial charge on any atom is -0.366 e. The second-order valence-electron chi connectivity index (χ2n) is 2.92. The molecule has 0 aliphatic rings. The van der Waals surface area contributed by atoms with E-state index in [0.717, 1.165) is 10.9 Å². The van der Waals surface area contributed by atoms with Crippen LogP contribution in [0.1, 0.15) is 5.56 Å². The SMILES string of the molecule is NC(=O)/C=C\c1csc2ccccc12. The van der Waals surface area contributed by atoms with Crippen molar-refractivity contribution in [1.82, 2.24) is 0 Å². The maximum atomic E-state index is 10.6. The molecule has 0 fully saturated rings. The Hall–Kier alpha value is -1.61. The molecule has 2 rings (SSSR count). The molecule has 1 amide bonds. The van der Waals surface area contributed by atoms with E-state index in [-0.39, 0.29) is 0 Å². The number of carbonyl (C=O) groups is 1. The van der Waals surface area contributed by atoms with Gasteiger partial charge in [0.05, 0.1) is 0 Å². The van der Waals surface area contributed by atoms with E-state index in [1.165, 1.54) is 10.8 Å². The highest BCUT2D eigenvalue weighted by molar-refractivity contribution is 7.17. The molecule has 0 unspecified atom stereocenters. The molecule has 1 aromatic carbocycles. The fourth-order valence-electron chi connectivity index (χ4n) is 1.30. The number of carbonyl (C=O) groups excluding carboxylic acids is 1. The molecule has 0 radical (unpaired) electrons. The second kappa shape index (κ2) is 3.64. The summed E-state index contributed by atoms with van der Waals surface area (Å²) in [6, 6.07) is 8.07. The molecule has 3 heteroatoms. The quantitative estimate of drug-likeness (QED) is 0.748. The highest BCUT2D eigenvalue weighted by Crippen LogP contribution is 2.26. The van der Waals surface area contributed by atoms with Gasteiger partial charge >= 0.3 is 0 Å². The van der Waals surface area contributed by atoms with Gasteiger partial charge in [0, 0.05) is 10.8 Å². The minimum absolute atomic E-state index is 0.416. The van der Waals surface area contributed by atoms with E-state index in [1.54, 1.807) is 17.4 Å². The van der Waals surface area contributed by atoms with E-state index in [4.69, 9.17) is 5.73 Å². The van der Waals surface area contributed by atoms with Gasteiger partial charge in [-0.05, 0) is 28.5 Å². The Morgan fingerprint density at radius 1 is 1.36 bits per heavy atom. The Balaban J connectivity index is 2.48. The van der Waals surface area contributed by atoms with Crippen LogP contribution in [-0.4, -0.2) is 5.91 Å². The van der Waals surface area contributed by atoms with Gasteiger partial charge in [-0.3, -0.25) is 4.79 Å². The van der Waals surface area contributed by atoms with Crippen LogP contribution in [0.2, 0.25) is 0 Å². The number of hydrogen-bond acceptors (Lipinski definition) is 2. The number of amides is 1. The lowest BCUT2D eigenvalue weighted by molar-refractivity contribution is -0.113. The van der Waals surface area contributed by atoms with Gasteiger partial charge in [0.1, 0.15) is 0 Å². The third kappa shape index (κ3) is 1.67. The minimum atomic E-state index is -0.416. The van der Waals surface area contributed by atoms with Crippen molar-refractivity contribution in [3.05, 3.63) is 41.3 Å². The lowest BCUT2D eigenvalue weighted by Crippen LogP contribution is -2.04. The van der Waals surface area contributed by atoms with Crippen molar-refractivity contribution in [2.75, 3.05) is 0 Å². The number of primary amides is 1. The van der Waals surface area contributed by atoms with Crippen LogP contribution in [0.3, 0.4) is 0 Å². The Morgan fingerprint density at radius 2 is 2.14 bits per heavy atom. The summed E-state index contributed by atoms with van der Waals surface area (Å²) in [4.78, 5) is 10.6. The molecule has 0 aliphatic carbocycles. The van der Waals surface area contributed by atoms with Crippen LogP contribution in [0.15, 0.2) is 35.7 Å². The Labute approximate surface area is 85.7 Å². The first-order valence-electron chi connectivity index (χ1n) is 4.21. The molecule has 2 N–H and O–H groups in total. The van der Waals surface area contributed by atoms with Gasteiger partial charge in [0.25, 0.3) is 0 Å². The van der Waals surface area contributed by atoms with Crippen molar-refractivity contribution in [2.24, 2.45) is 5.73 Å². The maximum Gasteiger partial charge on any atom is 0.241 e. The van der Waals surface area contributed by atoms with Gasteiger partial charge in [-0.2, -0.15) is 0 Å². The van der Waals surface area contributed by atoms with E-state index in [9.17, 15) is 4.79 Å². The molecule has 0 aliphatic heterocycles. The first-order chi connectivity index (χ1) is 6.77. The summed E-state index contributed by atoms with van der Waals surface area (Å²) >= 11 is 1.66. The van der Waals surface area contributed by atoms with Gasteiger partial charge in [-0.1, -0.05) is 18.2 Å². The van der Waals surface area contributed by atoms with Gasteiger partial charge in [-0.25, -0.2) is 0 Å². The van der Waals surface area contributed by atoms with Crippen LogP contribution < -0.4 is 5.73 Å². The fourth-order valence-corrected chi connectivity index (χ4v) is 2.23. The molecule has 0 bridgehead atoms. The molecule has 2 nitrogen and oxygen atoms in total. The number of hydrogen-bond donors (Lipinski definition) is 1. The lowest BCUT2D eigenvalue weighted by atomic mass is 10.1. The number of thiophene rings is 1. The zero-order valence-corrected chi connectivity index (χ0v) is 8.25. The molecule has 70 valence electrons. The molecule has 0 saturated heterocycles. The molecule has 14 heavy (non-hydrogen) atoms. The summed E-state index contributed by atoms with van der Waals surface area (Å²) in [5, 5.41) is 3.18. The zero-order valence-electron chi connectivity index (χ0n) is 7.44. The molecule has 0 atom stereocenters. The molecule has 0 spiro atoms. The van der Waals surface area contributed by atoms with E-state index in [0.29, 0.717) is 0 Å². The summed E-state index contributed by atoms with van der Waals surface area (Å²) in [6.07, 6.45) is 3.13. The number of nitrogens with two attached hydrogens (primary N) is 1. The van der Waals surface area contributed by atoms with E-state index in [2.05, 4.69) is 6.07 Å². The van der Waals surface area contributed by atoms with E-state index < -0.39 is 5.91 Å². The third-order valence-corrected chi connectivity index (χ3v) is 2.92. The first kappa shape index (κ1) is 8.97. The largest absolute Gasteiger partial charge is 0.366 e. The molecule has 1 aromatic heterocycles. The van der Waals surface area contributed by atoms with Crippen molar-refractivity contribution >= 4 is 33.4 Å². The summed E-state index contributed by atoms with van der Waals surface area (Å²) in [6.45, 7) is 0. The van der Waals surface area contributed by atoms with Gasteiger partial charge in [-0.15, -0.1) is 11.3 Å². The topological polar surface area (TPSA) is 43.1 Å². The highest BCUT2D eigenvalue weighted by Gasteiger charge is 1.99. The number of fused-ring (bicyclic) bond motifs is 1. The standard InChI is InChI=1S/C11H9NOS/c12-11(13)6-5-8-7-14-10-4-2-1-3-9(8)10/h1-7H,(H2,12,13)/b6-5-. The average Bonchev–Trinajstić information content (AvgIpc) is 2.58. The number of benzene rings is 1. The van der Waals surface area contributed by atoms with Crippen molar-refractivity contribution in [1.29, 1.82) is 0 Å². The second-order valence-corrected chi connectivity index (χ2v) is 3.83. The van der Waals surface area contributed by atoms with Crippen LogP contribution in [0, 0.1) is 0 Å². The van der Waals surface area contributed by atoms with Crippen LogP contribution in [0.5, 0.6) is 0 Å². The summed E-state index contributed by atoms with van der Waals surface area (Å²) < 4.78 is 1.22. The molecule has 2 aromatic rings. The number of rotatable bonds is 2. The summed E-state index contributed by atoms with van der Waals surface area (Å²) in [5.74, 6) is -0.416. The normalized spacial score (nSPS) is 11.1. The smallest absolute Gasteiger partial charge is 0.241 e. The van der Waals surface area contributed by atoms with Crippen LogP contribution >= 0.6 is 11.3 Å². The molecule has 1 heterocycles. The van der Waals surface area contributed by atoms with Crippen LogP contribution in [0.25, 0.3) is 16.2 Å². The highest BCUT2D eigenvalue weighted by atomic mass is 32.1. The predicted octanol–water partition coefficient (Wildman–Crippen LogP) is 2.40. The lowest BCUT2D eigenvalue weighted by Gasteiger charge is -1.89. The maximum absolute atomic E-state index is 10.6. The molecule has 0 saturated carbocycles. The van der Waals surface area contributed by atoms with Gasteiger partial charge in [0.15, 0.2) is 0 Å². The summed E-state index contributed by atoms with van der Waals surface area (Å²) in [7, 11) is 0. The molecular formula is C11H9NOS. The Morgan fingerprint density at radius 3 is 2.93 bits per heavy atom. The average molecular weight is 203 g/mol. The van der Waals surface area contributed by atoms with Crippen LogP contribution in [-0.2, 0) is 4.79 Å². The van der Waals surface area contributed by atoms with Crippen molar-refractivity contribution in [2.45, 2.75) is 0 Å². The van der Waals surface area contributed by atoms with Crippen LogP contribution in [0.4, 0.5) is 0 Å². The fraction of sp³-hybridized carbons (Fsp3) is 0. The van der Waals surface area contributed by atoms with Crippen molar-refractivity contribution in [3.8, 4) is 0 Å². The Kier molecular flexibility index (Phi) is 2.33. The van der Waals surface area contributed by atoms with Gasteiger partial charge in [0.2, 0.25) is 5.91 Å². The predicted molar refractivity (Wildman–Crippen MR) is 60.1 cm³/mol.